The molecule has 0 amide bonds. The van der Waals surface area contributed by atoms with E-state index in [-0.39, 0.29) is 12.6 Å². The van der Waals surface area contributed by atoms with Crippen LogP contribution >= 0.6 is 11.3 Å². The Morgan fingerprint density at radius 1 is 1.21 bits per heavy atom. The lowest BCUT2D eigenvalue weighted by Gasteiger charge is -2.06. The van der Waals surface area contributed by atoms with Crippen molar-refractivity contribution in [3.8, 4) is 0 Å². The van der Waals surface area contributed by atoms with Crippen LogP contribution in [-0.4, -0.2) is 5.97 Å². The summed E-state index contributed by atoms with van der Waals surface area (Å²) in [5.41, 5.74) is 9.80. The Balaban J connectivity index is 2.02. The summed E-state index contributed by atoms with van der Waals surface area (Å²) in [6, 6.07) is 7.72. The van der Waals surface area contributed by atoms with Gasteiger partial charge in [0.25, 0.3) is 0 Å². The fourth-order valence-electron chi connectivity index (χ4n) is 1.71. The number of esters is 1. The summed E-state index contributed by atoms with van der Waals surface area (Å²) in [6.45, 7) is 6.28. The van der Waals surface area contributed by atoms with Gasteiger partial charge < -0.3 is 10.5 Å². The molecule has 0 fully saturated rings. The van der Waals surface area contributed by atoms with Crippen molar-refractivity contribution in [3.05, 3.63) is 50.7 Å². The van der Waals surface area contributed by atoms with Gasteiger partial charge in [-0.1, -0.05) is 18.2 Å². The topological polar surface area (TPSA) is 52.3 Å². The molecule has 1 aromatic carbocycles. The van der Waals surface area contributed by atoms with Crippen molar-refractivity contribution in [1.29, 1.82) is 0 Å². The van der Waals surface area contributed by atoms with E-state index in [0.717, 1.165) is 10.4 Å². The van der Waals surface area contributed by atoms with E-state index in [2.05, 4.69) is 6.92 Å². The van der Waals surface area contributed by atoms with Crippen molar-refractivity contribution in [1.82, 2.24) is 0 Å². The number of thiophene rings is 1. The summed E-state index contributed by atoms with van der Waals surface area (Å²) >= 11 is 1.36. The van der Waals surface area contributed by atoms with E-state index in [9.17, 15) is 4.79 Å². The van der Waals surface area contributed by atoms with Crippen molar-refractivity contribution in [3.63, 3.8) is 0 Å². The molecular formula is C15H17NO2S. The molecule has 4 heteroatoms. The number of aryl methyl sites for hydroxylation is 3. The summed E-state index contributed by atoms with van der Waals surface area (Å²) in [5, 5.41) is 0. The molecule has 0 saturated carbocycles. The highest BCUT2D eigenvalue weighted by atomic mass is 32.1. The van der Waals surface area contributed by atoms with Crippen LogP contribution in [0.15, 0.2) is 24.3 Å². The summed E-state index contributed by atoms with van der Waals surface area (Å²) < 4.78 is 5.29. The Labute approximate surface area is 117 Å². The molecule has 19 heavy (non-hydrogen) atoms. The zero-order chi connectivity index (χ0) is 14.0. The highest BCUT2D eigenvalue weighted by molar-refractivity contribution is 7.14. The van der Waals surface area contributed by atoms with Gasteiger partial charge >= 0.3 is 5.97 Å². The number of ether oxygens (including phenoxy) is 1. The minimum atomic E-state index is -0.317. The third-order valence-corrected chi connectivity index (χ3v) is 4.14. The van der Waals surface area contributed by atoms with E-state index in [1.807, 2.05) is 32.0 Å². The second-order valence-electron chi connectivity index (χ2n) is 4.62. The number of carbonyl (C=O) groups excluding carboxylic acids is 1. The Kier molecular flexibility index (Phi) is 3.90. The number of carbonyl (C=O) groups is 1. The number of anilines is 1. The molecule has 2 aromatic rings. The predicted molar refractivity (Wildman–Crippen MR) is 78.5 cm³/mol. The van der Waals surface area contributed by atoms with Gasteiger partial charge in [-0.3, -0.25) is 0 Å². The number of rotatable bonds is 3. The van der Waals surface area contributed by atoms with Gasteiger partial charge in [0.05, 0.1) is 0 Å². The maximum atomic E-state index is 11.9. The molecule has 2 rings (SSSR count). The summed E-state index contributed by atoms with van der Waals surface area (Å²) in [5.74, 6) is -0.317. The molecule has 0 saturated heterocycles. The Bertz CT molecular complexity index is 597. The van der Waals surface area contributed by atoms with E-state index >= 15 is 0 Å². The zero-order valence-electron chi connectivity index (χ0n) is 11.3. The van der Waals surface area contributed by atoms with Gasteiger partial charge in [-0.05, 0) is 43.5 Å². The van der Waals surface area contributed by atoms with Crippen LogP contribution in [0.3, 0.4) is 0 Å². The van der Waals surface area contributed by atoms with E-state index in [1.165, 1.54) is 22.5 Å². The van der Waals surface area contributed by atoms with Gasteiger partial charge in [-0.15, -0.1) is 11.3 Å². The number of nitrogen functional groups attached to an aromatic ring is 1. The van der Waals surface area contributed by atoms with Crippen molar-refractivity contribution in [2.24, 2.45) is 0 Å². The van der Waals surface area contributed by atoms with Crippen molar-refractivity contribution < 1.29 is 9.53 Å². The molecule has 0 radical (unpaired) electrons. The van der Waals surface area contributed by atoms with Gasteiger partial charge in [-0.25, -0.2) is 4.79 Å². The third kappa shape index (κ3) is 3.15. The van der Waals surface area contributed by atoms with Crippen LogP contribution in [0.5, 0.6) is 0 Å². The highest BCUT2D eigenvalue weighted by Crippen LogP contribution is 2.24. The molecule has 2 N–H and O–H groups in total. The molecule has 0 aliphatic rings. The average molecular weight is 275 g/mol. The Hall–Kier alpha value is -1.81. The quantitative estimate of drug-likeness (QED) is 0.870. The molecule has 1 heterocycles. The van der Waals surface area contributed by atoms with Crippen molar-refractivity contribution in [2.45, 2.75) is 27.4 Å². The van der Waals surface area contributed by atoms with Crippen molar-refractivity contribution in [2.75, 3.05) is 5.73 Å². The van der Waals surface area contributed by atoms with Gasteiger partial charge in [-0.2, -0.15) is 0 Å². The average Bonchev–Trinajstić information content (AvgIpc) is 2.71. The van der Waals surface area contributed by atoms with Crippen LogP contribution in [0.4, 0.5) is 5.69 Å². The summed E-state index contributed by atoms with van der Waals surface area (Å²) in [4.78, 5) is 13.4. The second kappa shape index (κ2) is 5.45. The minimum Gasteiger partial charge on any atom is -0.457 e. The summed E-state index contributed by atoms with van der Waals surface area (Å²) in [6.07, 6.45) is 0. The van der Waals surface area contributed by atoms with E-state index in [0.29, 0.717) is 10.6 Å². The Morgan fingerprint density at radius 2 is 1.95 bits per heavy atom. The van der Waals surface area contributed by atoms with Gasteiger partial charge in [0.2, 0.25) is 0 Å². The molecule has 0 bridgehead atoms. The van der Waals surface area contributed by atoms with Crippen LogP contribution in [-0.2, 0) is 11.3 Å². The lowest BCUT2D eigenvalue weighted by molar-refractivity contribution is 0.0478. The lowest BCUT2D eigenvalue weighted by Crippen LogP contribution is -2.03. The monoisotopic (exact) mass is 275 g/mol. The van der Waals surface area contributed by atoms with Gasteiger partial charge in [0.1, 0.15) is 11.5 Å². The van der Waals surface area contributed by atoms with Crippen LogP contribution in [0.25, 0.3) is 0 Å². The first kappa shape index (κ1) is 13.6. The van der Waals surface area contributed by atoms with Crippen molar-refractivity contribution >= 4 is 23.0 Å². The molecule has 3 nitrogen and oxygen atoms in total. The first-order valence-electron chi connectivity index (χ1n) is 6.06. The largest absolute Gasteiger partial charge is 0.457 e. The predicted octanol–water partition coefficient (Wildman–Crippen LogP) is 3.61. The van der Waals surface area contributed by atoms with Crippen LogP contribution in [0, 0.1) is 20.8 Å². The van der Waals surface area contributed by atoms with Crippen LogP contribution < -0.4 is 5.73 Å². The highest BCUT2D eigenvalue weighted by Gasteiger charge is 2.12. The third-order valence-electron chi connectivity index (χ3n) is 3.10. The number of benzene rings is 1. The van der Waals surface area contributed by atoms with E-state index in [4.69, 9.17) is 10.5 Å². The van der Waals surface area contributed by atoms with E-state index in [1.54, 1.807) is 6.07 Å². The Morgan fingerprint density at radius 3 is 2.53 bits per heavy atom. The maximum Gasteiger partial charge on any atom is 0.348 e. The molecule has 0 aliphatic carbocycles. The first-order valence-corrected chi connectivity index (χ1v) is 6.88. The molecule has 0 spiro atoms. The molecule has 0 unspecified atom stereocenters. The molecule has 0 aliphatic heterocycles. The van der Waals surface area contributed by atoms with E-state index < -0.39 is 0 Å². The SMILES string of the molecule is Cc1ccc(COC(=O)c2cc(N)c(C)s2)cc1C. The summed E-state index contributed by atoms with van der Waals surface area (Å²) in [7, 11) is 0. The standard InChI is InChI=1S/C15H17NO2S/c1-9-4-5-12(6-10(9)2)8-18-15(17)14-7-13(16)11(3)19-14/h4-7H,8,16H2,1-3H3. The molecule has 1 aromatic heterocycles. The van der Waals surface area contributed by atoms with Crippen LogP contribution in [0.2, 0.25) is 0 Å². The number of nitrogens with two attached hydrogens (primary N) is 1. The van der Waals surface area contributed by atoms with Gasteiger partial charge in [0.15, 0.2) is 0 Å². The van der Waals surface area contributed by atoms with Gasteiger partial charge in [0, 0.05) is 10.6 Å². The second-order valence-corrected chi connectivity index (χ2v) is 5.87. The smallest absolute Gasteiger partial charge is 0.348 e. The normalized spacial score (nSPS) is 10.5. The first-order chi connectivity index (χ1) is 8.97. The number of hydrogen-bond donors (Lipinski definition) is 1. The molecular weight excluding hydrogens is 258 g/mol. The van der Waals surface area contributed by atoms with Crippen LogP contribution in [0.1, 0.15) is 31.2 Å². The number of hydrogen-bond acceptors (Lipinski definition) is 4. The lowest BCUT2D eigenvalue weighted by atomic mass is 10.1. The fraction of sp³-hybridized carbons (Fsp3) is 0.267. The molecule has 0 atom stereocenters. The minimum absolute atomic E-state index is 0.288. The maximum absolute atomic E-state index is 11.9. The molecule has 100 valence electrons. The fourth-order valence-corrected chi connectivity index (χ4v) is 2.54. The zero-order valence-corrected chi connectivity index (χ0v) is 12.1.